The molecular formula is C17H19BrN2O2. The molecule has 0 unspecified atom stereocenters. The second-order valence-corrected chi connectivity index (χ2v) is 5.76. The van der Waals surface area contributed by atoms with Crippen LogP contribution in [0.1, 0.15) is 18.1 Å². The van der Waals surface area contributed by atoms with E-state index in [1.807, 2.05) is 56.3 Å². The smallest absolute Gasteiger partial charge is 0.319 e. The minimum absolute atomic E-state index is 0.223. The summed E-state index contributed by atoms with van der Waals surface area (Å²) >= 11 is 3.40. The molecule has 5 heteroatoms. The molecule has 0 fully saturated rings. The van der Waals surface area contributed by atoms with Gasteiger partial charge in [-0.2, -0.15) is 0 Å². The Morgan fingerprint density at radius 1 is 1.18 bits per heavy atom. The largest absolute Gasteiger partial charge is 0.494 e. The molecule has 2 N–H and O–H groups in total. The molecule has 0 spiro atoms. The number of halogens is 1. The first-order valence-electron chi connectivity index (χ1n) is 7.11. The fourth-order valence-electron chi connectivity index (χ4n) is 1.99. The highest BCUT2D eigenvalue weighted by Crippen LogP contribution is 2.19. The van der Waals surface area contributed by atoms with Crippen LogP contribution < -0.4 is 15.4 Å². The van der Waals surface area contributed by atoms with E-state index >= 15 is 0 Å². The van der Waals surface area contributed by atoms with Gasteiger partial charge in [-0.25, -0.2) is 4.79 Å². The van der Waals surface area contributed by atoms with Crippen molar-refractivity contribution in [2.24, 2.45) is 0 Å². The van der Waals surface area contributed by atoms with E-state index in [4.69, 9.17) is 4.74 Å². The molecule has 2 rings (SSSR count). The first kappa shape index (κ1) is 16.4. The minimum Gasteiger partial charge on any atom is -0.494 e. The molecule has 22 heavy (non-hydrogen) atoms. The summed E-state index contributed by atoms with van der Waals surface area (Å²) in [4.78, 5) is 11.9. The molecule has 2 amide bonds. The van der Waals surface area contributed by atoms with Crippen molar-refractivity contribution in [3.63, 3.8) is 0 Å². The number of rotatable bonds is 5. The van der Waals surface area contributed by atoms with Crippen molar-refractivity contribution in [1.82, 2.24) is 5.32 Å². The average molecular weight is 363 g/mol. The number of hydrogen-bond acceptors (Lipinski definition) is 2. The lowest BCUT2D eigenvalue weighted by Crippen LogP contribution is -2.28. The third kappa shape index (κ3) is 4.77. The number of anilines is 1. The Balaban J connectivity index is 1.87. The van der Waals surface area contributed by atoms with Crippen LogP contribution in [0.2, 0.25) is 0 Å². The predicted octanol–water partition coefficient (Wildman–Crippen LogP) is 4.48. The highest BCUT2D eigenvalue weighted by molar-refractivity contribution is 9.10. The van der Waals surface area contributed by atoms with E-state index < -0.39 is 0 Å². The molecular weight excluding hydrogens is 344 g/mol. The number of carbonyl (C=O) groups excluding carboxylic acids is 1. The highest BCUT2D eigenvalue weighted by atomic mass is 79.9. The van der Waals surface area contributed by atoms with Gasteiger partial charge in [-0.1, -0.05) is 28.1 Å². The Hall–Kier alpha value is -2.01. The fraction of sp³-hybridized carbons (Fsp3) is 0.235. The molecule has 0 heterocycles. The lowest BCUT2D eigenvalue weighted by Gasteiger charge is -2.10. The van der Waals surface area contributed by atoms with E-state index in [0.717, 1.165) is 27.0 Å². The zero-order valence-corrected chi connectivity index (χ0v) is 14.2. The summed E-state index contributed by atoms with van der Waals surface area (Å²) in [5.41, 5.74) is 2.82. The Morgan fingerprint density at radius 3 is 2.55 bits per heavy atom. The summed E-state index contributed by atoms with van der Waals surface area (Å²) < 4.78 is 6.38. The molecule has 4 nitrogen and oxygen atoms in total. The van der Waals surface area contributed by atoms with Crippen molar-refractivity contribution in [3.8, 4) is 5.75 Å². The second kappa shape index (κ2) is 7.84. The average Bonchev–Trinajstić information content (AvgIpc) is 2.50. The minimum atomic E-state index is -0.223. The second-order valence-electron chi connectivity index (χ2n) is 4.84. The third-order valence-electron chi connectivity index (χ3n) is 3.12. The van der Waals surface area contributed by atoms with Crippen LogP contribution in [0.3, 0.4) is 0 Å². The maximum Gasteiger partial charge on any atom is 0.319 e. The fourth-order valence-corrected chi connectivity index (χ4v) is 2.46. The van der Waals surface area contributed by atoms with E-state index in [9.17, 15) is 4.79 Å². The van der Waals surface area contributed by atoms with E-state index in [1.165, 1.54) is 0 Å². The molecule has 0 aliphatic carbocycles. The Labute approximate surface area is 139 Å². The van der Waals surface area contributed by atoms with Gasteiger partial charge in [-0.05, 0) is 55.3 Å². The maximum atomic E-state index is 11.9. The van der Waals surface area contributed by atoms with Crippen LogP contribution in [0.15, 0.2) is 46.9 Å². The summed E-state index contributed by atoms with van der Waals surface area (Å²) in [6, 6.07) is 13.2. The van der Waals surface area contributed by atoms with Gasteiger partial charge in [-0.15, -0.1) is 0 Å². The molecule has 0 radical (unpaired) electrons. The monoisotopic (exact) mass is 362 g/mol. The lowest BCUT2D eigenvalue weighted by atomic mass is 10.2. The Bertz CT molecular complexity index is 642. The molecule has 2 aromatic rings. The van der Waals surface area contributed by atoms with E-state index in [0.29, 0.717) is 13.2 Å². The first-order chi connectivity index (χ1) is 10.6. The molecule has 116 valence electrons. The van der Waals surface area contributed by atoms with Gasteiger partial charge in [0.05, 0.1) is 6.61 Å². The van der Waals surface area contributed by atoms with Crippen LogP contribution in [-0.4, -0.2) is 12.6 Å². The van der Waals surface area contributed by atoms with Gasteiger partial charge in [0.25, 0.3) is 0 Å². The zero-order chi connectivity index (χ0) is 15.9. The Morgan fingerprint density at radius 2 is 1.91 bits per heavy atom. The number of urea groups is 1. The molecule has 0 bridgehead atoms. The number of amides is 2. The molecule has 0 aliphatic rings. The summed E-state index contributed by atoms with van der Waals surface area (Å²) in [5.74, 6) is 0.834. The lowest BCUT2D eigenvalue weighted by molar-refractivity contribution is 0.251. The Kier molecular flexibility index (Phi) is 5.83. The summed E-state index contributed by atoms with van der Waals surface area (Å²) in [7, 11) is 0. The van der Waals surface area contributed by atoms with Crippen molar-refractivity contribution in [3.05, 3.63) is 58.1 Å². The van der Waals surface area contributed by atoms with E-state index in [1.54, 1.807) is 0 Å². The number of carbonyl (C=O) groups is 1. The van der Waals surface area contributed by atoms with Crippen molar-refractivity contribution in [1.29, 1.82) is 0 Å². The summed E-state index contributed by atoms with van der Waals surface area (Å²) in [5, 5.41) is 5.68. The van der Waals surface area contributed by atoms with Crippen molar-refractivity contribution >= 4 is 27.6 Å². The van der Waals surface area contributed by atoms with Crippen molar-refractivity contribution in [2.75, 3.05) is 11.9 Å². The van der Waals surface area contributed by atoms with Crippen LogP contribution in [0.5, 0.6) is 5.75 Å². The molecule has 0 aliphatic heterocycles. The van der Waals surface area contributed by atoms with E-state index in [-0.39, 0.29) is 6.03 Å². The van der Waals surface area contributed by atoms with Gasteiger partial charge >= 0.3 is 6.03 Å². The zero-order valence-electron chi connectivity index (χ0n) is 12.7. The van der Waals surface area contributed by atoms with Gasteiger partial charge in [0.1, 0.15) is 5.75 Å². The molecule has 2 aromatic carbocycles. The molecule has 0 saturated carbocycles. The molecule has 0 aromatic heterocycles. The highest BCUT2D eigenvalue weighted by Gasteiger charge is 2.04. The van der Waals surface area contributed by atoms with Crippen LogP contribution in [0.25, 0.3) is 0 Å². The molecule has 0 saturated heterocycles. The third-order valence-corrected chi connectivity index (χ3v) is 3.62. The first-order valence-corrected chi connectivity index (χ1v) is 7.90. The van der Waals surface area contributed by atoms with Gasteiger partial charge in [0, 0.05) is 16.7 Å². The topological polar surface area (TPSA) is 50.4 Å². The van der Waals surface area contributed by atoms with Gasteiger partial charge in [0.15, 0.2) is 0 Å². The maximum absolute atomic E-state index is 11.9. The van der Waals surface area contributed by atoms with Gasteiger partial charge < -0.3 is 15.4 Å². The quantitative estimate of drug-likeness (QED) is 0.823. The number of hydrogen-bond donors (Lipinski definition) is 2. The SMILES string of the molecule is CCOc1ccc(CNC(=O)Nc2ccc(Br)cc2C)cc1. The summed E-state index contributed by atoms with van der Waals surface area (Å²) in [6.45, 7) is 5.01. The van der Waals surface area contributed by atoms with Crippen molar-refractivity contribution in [2.45, 2.75) is 20.4 Å². The van der Waals surface area contributed by atoms with Crippen LogP contribution in [-0.2, 0) is 6.54 Å². The van der Waals surface area contributed by atoms with Crippen LogP contribution in [0.4, 0.5) is 10.5 Å². The standard InChI is InChI=1S/C17H19BrN2O2/c1-3-22-15-7-4-13(5-8-15)11-19-17(21)20-16-9-6-14(18)10-12(16)2/h4-10H,3,11H2,1-2H3,(H2,19,20,21). The van der Waals surface area contributed by atoms with Gasteiger partial charge in [0.2, 0.25) is 0 Å². The van der Waals surface area contributed by atoms with Crippen LogP contribution >= 0.6 is 15.9 Å². The summed E-state index contributed by atoms with van der Waals surface area (Å²) in [6.07, 6.45) is 0. The van der Waals surface area contributed by atoms with Gasteiger partial charge in [-0.3, -0.25) is 0 Å². The normalized spacial score (nSPS) is 10.1. The van der Waals surface area contributed by atoms with Crippen molar-refractivity contribution < 1.29 is 9.53 Å². The number of nitrogens with one attached hydrogen (secondary N) is 2. The number of aryl methyl sites for hydroxylation is 1. The van der Waals surface area contributed by atoms with E-state index in [2.05, 4.69) is 26.6 Å². The number of ether oxygens (including phenoxy) is 1. The van der Waals surface area contributed by atoms with Crippen LogP contribution in [0, 0.1) is 6.92 Å². The number of benzene rings is 2. The molecule has 0 atom stereocenters. The predicted molar refractivity (Wildman–Crippen MR) is 92.3 cm³/mol.